The van der Waals surface area contributed by atoms with Gasteiger partial charge in [0.2, 0.25) is 0 Å². The van der Waals surface area contributed by atoms with Gasteiger partial charge >= 0.3 is 5.97 Å². The van der Waals surface area contributed by atoms with Crippen molar-refractivity contribution in [3.63, 3.8) is 0 Å². The van der Waals surface area contributed by atoms with E-state index in [1.807, 2.05) is 18.2 Å². The van der Waals surface area contributed by atoms with Crippen LogP contribution >= 0.6 is 0 Å². The van der Waals surface area contributed by atoms with Crippen LogP contribution in [0.4, 0.5) is 0 Å². The van der Waals surface area contributed by atoms with Gasteiger partial charge in [0.1, 0.15) is 6.04 Å². The molecule has 1 saturated heterocycles. The Morgan fingerprint density at radius 1 is 1.37 bits per heavy atom. The molecule has 0 spiro atoms. The van der Waals surface area contributed by atoms with Crippen LogP contribution in [0, 0.1) is 0 Å². The summed E-state index contributed by atoms with van der Waals surface area (Å²) in [7, 11) is -3.75. The first-order valence-corrected chi connectivity index (χ1v) is 7.48. The molecule has 1 aliphatic rings. The zero-order chi connectivity index (χ0) is 13.9. The Hall–Kier alpha value is -1.44. The summed E-state index contributed by atoms with van der Waals surface area (Å²) in [6.07, 6.45) is 0.935. The molecular weight excluding hydrogens is 268 g/mol. The number of carboxylic acid groups (broad SMARTS) is 1. The molecule has 2 N–H and O–H groups in total. The van der Waals surface area contributed by atoms with E-state index < -0.39 is 22.2 Å². The predicted molar refractivity (Wildman–Crippen MR) is 69.6 cm³/mol. The van der Waals surface area contributed by atoms with Crippen molar-refractivity contribution in [1.82, 2.24) is 9.03 Å². The van der Waals surface area contributed by atoms with Gasteiger partial charge in [-0.05, 0) is 18.4 Å². The third-order valence-electron chi connectivity index (χ3n) is 3.10. The molecule has 0 unspecified atom stereocenters. The second-order valence-corrected chi connectivity index (χ2v) is 6.13. The Balaban J connectivity index is 2.04. The molecule has 19 heavy (non-hydrogen) atoms. The van der Waals surface area contributed by atoms with Gasteiger partial charge in [0.05, 0.1) is 0 Å². The molecule has 1 fully saturated rings. The Kier molecular flexibility index (Phi) is 4.18. The predicted octanol–water partition coefficient (Wildman–Crippen LogP) is 0.570. The number of hydrogen-bond donors (Lipinski definition) is 2. The van der Waals surface area contributed by atoms with Crippen molar-refractivity contribution in [3.8, 4) is 0 Å². The highest BCUT2D eigenvalue weighted by Gasteiger charge is 2.38. The van der Waals surface area contributed by atoms with Gasteiger partial charge in [-0.3, -0.25) is 4.79 Å². The number of carbonyl (C=O) groups is 1. The van der Waals surface area contributed by atoms with Gasteiger partial charge in [0.15, 0.2) is 0 Å². The molecule has 1 aromatic rings. The molecule has 1 atom stereocenters. The van der Waals surface area contributed by atoms with Crippen molar-refractivity contribution in [2.75, 3.05) is 6.54 Å². The van der Waals surface area contributed by atoms with Crippen LogP contribution in [0.25, 0.3) is 0 Å². The number of rotatable bonds is 5. The number of benzene rings is 1. The zero-order valence-electron chi connectivity index (χ0n) is 10.3. The van der Waals surface area contributed by atoms with Crippen LogP contribution in [0.3, 0.4) is 0 Å². The first kappa shape index (κ1) is 14.0. The van der Waals surface area contributed by atoms with Gasteiger partial charge in [-0.15, -0.1) is 0 Å². The maximum Gasteiger partial charge on any atom is 0.322 e. The largest absolute Gasteiger partial charge is 0.480 e. The number of nitrogens with zero attached hydrogens (tertiary/aromatic N) is 1. The summed E-state index contributed by atoms with van der Waals surface area (Å²) in [5.74, 6) is -1.09. The van der Waals surface area contributed by atoms with Crippen molar-refractivity contribution in [3.05, 3.63) is 35.9 Å². The Morgan fingerprint density at radius 2 is 2.05 bits per heavy atom. The monoisotopic (exact) mass is 284 g/mol. The van der Waals surface area contributed by atoms with Gasteiger partial charge in [0.25, 0.3) is 10.2 Å². The van der Waals surface area contributed by atoms with Crippen molar-refractivity contribution < 1.29 is 18.3 Å². The molecule has 104 valence electrons. The van der Waals surface area contributed by atoms with Crippen molar-refractivity contribution >= 4 is 16.2 Å². The maximum absolute atomic E-state index is 12.1. The smallest absolute Gasteiger partial charge is 0.322 e. The van der Waals surface area contributed by atoms with Crippen molar-refractivity contribution in [2.45, 2.75) is 25.4 Å². The van der Waals surface area contributed by atoms with E-state index in [0.29, 0.717) is 12.8 Å². The van der Waals surface area contributed by atoms with Crippen LogP contribution in [-0.2, 0) is 21.5 Å². The number of nitrogens with one attached hydrogen (secondary N) is 1. The van der Waals surface area contributed by atoms with Gasteiger partial charge in [-0.1, -0.05) is 30.3 Å². The molecule has 0 bridgehead atoms. The van der Waals surface area contributed by atoms with Gasteiger partial charge in [-0.25, -0.2) is 0 Å². The van der Waals surface area contributed by atoms with E-state index in [-0.39, 0.29) is 13.1 Å². The van der Waals surface area contributed by atoms with Gasteiger partial charge in [-0.2, -0.15) is 17.4 Å². The summed E-state index contributed by atoms with van der Waals surface area (Å²) in [6.45, 7) is 0.410. The number of aliphatic carboxylic acids is 1. The molecule has 0 saturated carbocycles. The van der Waals surface area contributed by atoms with Crippen LogP contribution in [0.1, 0.15) is 18.4 Å². The van der Waals surface area contributed by atoms with E-state index in [9.17, 15) is 13.2 Å². The number of hydrogen-bond acceptors (Lipinski definition) is 3. The molecule has 0 radical (unpaired) electrons. The van der Waals surface area contributed by atoms with Gasteiger partial charge < -0.3 is 5.11 Å². The fraction of sp³-hybridized carbons (Fsp3) is 0.417. The van der Waals surface area contributed by atoms with Crippen molar-refractivity contribution in [2.24, 2.45) is 0 Å². The minimum atomic E-state index is -3.75. The van der Waals surface area contributed by atoms with Crippen LogP contribution in [-0.4, -0.2) is 36.4 Å². The van der Waals surface area contributed by atoms with Crippen LogP contribution in [0.5, 0.6) is 0 Å². The lowest BCUT2D eigenvalue weighted by atomic mass is 10.2. The molecule has 0 aliphatic carbocycles. The average Bonchev–Trinajstić information content (AvgIpc) is 2.88. The van der Waals surface area contributed by atoms with Crippen molar-refractivity contribution in [1.29, 1.82) is 0 Å². The maximum atomic E-state index is 12.1. The first-order valence-electron chi connectivity index (χ1n) is 6.04. The fourth-order valence-corrected chi connectivity index (χ4v) is 3.54. The summed E-state index contributed by atoms with van der Waals surface area (Å²) in [5, 5.41) is 9.00. The quantitative estimate of drug-likeness (QED) is 0.827. The molecule has 7 heteroatoms. The second-order valence-electron chi connectivity index (χ2n) is 4.42. The molecule has 0 amide bonds. The SMILES string of the molecule is O=C(O)[C@H]1CCCN1S(=O)(=O)NCc1ccccc1. The molecule has 0 aromatic heterocycles. The molecule has 2 rings (SSSR count). The van der Waals surface area contributed by atoms with Crippen LogP contribution in [0.15, 0.2) is 30.3 Å². The minimum Gasteiger partial charge on any atom is -0.480 e. The van der Waals surface area contributed by atoms with Gasteiger partial charge in [0, 0.05) is 13.1 Å². The highest BCUT2D eigenvalue weighted by Crippen LogP contribution is 2.20. The third kappa shape index (κ3) is 3.31. The molecule has 1 aliphatic heterocycles. The Bertz CT molecular complexity index is 544. The molecular formula is C12H16N2O4S. The normalized spacial score (nSPS) is 20.5. The lowest BCUT2D eigenvalue weighted by molar-refractivity contribution is -0.140. The summed E-state index contributed by atoms with van der Waals surface area (Å²) < 4.78 is 27.6. The van der Waals surface area contributed by atoms with E-state index in [1.54, 1.807) is 12.1 Å². The lowest BCUT2D eigenvalue weighted by Gasteiger charge is -2.21. The second kappa shape index (κ2) is 5.68. The summed E-state index contributed by atoms with van der Waals surface area (Å²) in [4.78, 5) is 11.0. The zero-order valence-corrected chi connectivity index (χ0v) is 11.1. The van der Waals surface area contributed by atoms with Crippen LogP contribution in [0.2, 0.25) is 0 Å². The summed E-state index contributed by atoms with van der Waals surface area (Å²) in [5.41, 5.74) is 0.831. The Morgan fingerprint density at radius 3 is 2.68 bits per heavy atom. The summed E-state index contributed by atoms with van der Waals surface area (Å²) in [6, 6.07) is 8.15. The average molecular weight is 284 g/mol. The molecule has 6 nitrogen and oxygen atoms in total. The van der Waals surface area contributed by atoms with E-state index in [0.717, 1.165) is 9.87 Å². The lowest BCUT2D eigenvalue weighted by Crippen LogP contribution is -2.46. The third-order valence-corrected chi connectivity index (χ3v) is 4.66. The topological polar surface area (TPSA) is 86.7 Å². The van der Waals surface area contributed by atoms with E-state index in [2.05, 4.69) is 4.72 Å². The van der Waals surface area contributed by atoms with E-state index in [1.165, 1.54) is 0 Å². The van der Waals surface area contributed by atoms with E-state index >= 15 is 0 Å². The molecule has 1 aromatic carbocycles. The van der Waals surface area contributed by atoms with Crippen LogP contribution < -0.4 is 4.72 Å². The fourth-order valence-electron chi connectivity index (χ4n) is 2.13. The Labute approximate surface area is 112 Å². The summed E-state index contributed by atoms with van der Waals surface area (Å²) >= 11 is 0. The number of carboxylic acids is 1. The first-order chi connectivity index (χ1) is 9.00. The minimum absolute atomic E-state index is 0.159. The van der Waals surface area contributed by atoms with E-state index in [4.69, 9.17) is 5.11 Å². The highest BCUT2D eigenvalue weighted by atomic mass is 32.2. The standard InChI is InChI=1S/C12H16N2O4S/c15-12(16)11-7-4-8-14(11)19(17,18)13-9-10-5-2-1-3-6-10/h1-3,5-6,11,13H,4,7-9H2,(H,15,16)/t11-/m1/s1. The molecule has 1 heterocycles. The highest BCUT2D eigenvalue weighted by molar-refractivity contribution is 7.87.